The van der Waals surface area contributed by atoms with Crippen molar-refractivity contribution >= 4 is 11.6 Å². The standard InChI is InChI=1S/C14H21ClN2/c1-13(10-15)11-17(9-5-8-16)12-14-6-3-2-4-7-14/h2-4,6-7,10H,5,8-9,11-12,16H2,1H3/b13-10-. The molecule has 1 aromatic carbocycles. The summed E-state index contributed by atoms with van der Waals surface area (Å²) in [5.74, 6) is 0. The maximum absolute atomic E-state index is 5.72. The molecule has 0 amide bonds. The van der Waals surface area contributed by atoms with Crippen molar-refractivity contribution in [1.29, 1.82) is 0 Å². The molecule has 0 fully saturated rings. The van der Waals surface area contributed by atoms with Gasteiger partial charge < -0.3 is 5.73 Å². The van der Waals surface area contributed by atoms with Crippen molar-refractivity contribution < 1.29 is 0 Å². The second kappa shape index (κ2) is 8.29. The molecular weight excluding hydrogens is 232 g/mol. The van der Waals surface area contributed by atoms with Crippen LogP contribution in [0.4, 0.5) is 0 Å². The lowest BCUT2D eigenvalue weighted by molar-refractivity contribution is 0.286. The molecule has 0 aliphatic heterocycles. The summed E-state index contributed by atoms with van der Waals surface area (Å²) in [6.45, 7) is 5.64. The Morgan fingerprint density at radius 2 is 2.06 bits per heavy atom. The van der Waals surface area contributed by atoms with Crippen LogP contribution >= 0.6 is 11.6 Å². The quantitative estimate of drug-likeness (QED) is 0.809. The van der Waals surface area contributed by atoms with Gasteiger partial charge in [0.1, 0.15) is 0 Å². The molecule has 0 aromatic heterocycles. The van der Waals surface area contributed by atoms with Crippen molar-refractivity contribution in [2.24, 2.45) is 5.73 Å². The summed E-state index contributed by atoms with van der Waals surface area (Å²) >= 11 is 5.72. The van der Waals surface area contributed by atoms with Gasteiger partial charge in [0.05, 0.1) is 0 Å². The average molecular weight is 253 g/mol. The highest BCUT2D eigenvalue weighted by molar-refractivity contribution is 6.25. The van der Waals surface area contributed by atoms with Crippen molar-refractivity contribution in [2.75, 3.05) is 19.6 Å². The minimum Gasteiger partial charge on any atom is -0.330 e. The van der Waals surface area contributed by atoms with Gasteiger partial charge in [-0.3, -0.25) is 4.90 Å². The van der Waals surface area contributed by atoms with Gasteiger partial charge >= 0.3 is 0 Å². The summed E-state index contributed by atoms with van der Waals surface area (Å²) in [6.07, 6.45) is 1.02. The molecule has 17 heavy (non-hydrogen) atoms. The van der Waals surface area contributed by atoms with Crippen LogP contribution in [-0.4, -0.2) is 24.5 Å². The summed E-state index contributed by atoms with van der Waals surface area (Å²) in [7, 11) is 0. The van der Waals surface area contributed by atoms with Crippen molar-refractivity contribution in [2.45, 2.75) is 19.9 Å². The molecule has 0 radical (unpaired) electrons. The van der Waals surface area contributed by atoms with Gasteiger partial charge in [-0.15, -0.1) is 0 Å². The number of nitrogens with two attached hydrogens (primary N) is 1. The van der Waals surface area contributed by atoms with Crippen LogP contribution in [0.2, 0.25) is 0 Å². The molecule has 0 aliphatic carbocycles. The second-order valence-electron chi connectivity index (χ2n) is 4.29. The van der Waals surface area contributed by atoms with Crippen LogP contribution in [0.5, 0.6) is 0 Å². The van der Waals surface area contributed by atoms with E-state index in [9.17, 15) is 0 Å². The minimum atomic E-state index is 0.731. The SMILES string of the molecule is C/C(=C/Cl)CN(CCCN)Cc1ccccc1. The summed E-state index contributed by atoms with van der Waals surface area (Å²) in [4.78, 5) is 2.37. The van der Waals surface area contributed by atoms with Gasteiger partial charge in [0, 0.05) is 25.2 Å². The lowest BCUT2D eigenvalue weighted by Gasteiger charge is -2.22. The van der Waals surface area contributed by atoms with Gasteiger partial charge in [-0.25, -0.2) is 0 Å². The summed E-state index contributed by atoms with van der Waals surface area (Å²) in [6, 6.07) is 10.5. The molecule has 0 bridgehead atoms. The van der Waals surface area contributed by atoms with Gasteiger partial charge in [-0.1, -0.05) is 41.9 Å². The monoisotopic (exact) mass is 252 g/mol. The van der Waals surface area contributed by atoms with Crippen LogP contribution in [0.3, 0.4) is 0 Å². The van der Waals surface area contributed by atoms with Crippen LogP contribution in [0.1, 0.15) is 18.9 Å². The Balaban J connectivity index is 2.56. The van der Waals surface area contributed by atoms with Crippen LogP contribution in [0.15, 0.2) is 41.4 Å². The Kier molecular flexibility index (Phi) is 6.94. The third-order valence-electron chi connectivity index (χ3n) is 2.59. The second-order valence-corrected chi connectivity index (χ2v) is 4.51. The van der Waals surface area contributed by atoms with E-state index in [0.717, 1.165) is 32.6 Å². The molecule has 2 N–H and O–H groups in total. The van der Waals surface area contributed by atoms with E-state index in [1.807, 2.05) is 13.0 Å². The third-order valence-corrected chi connectivity index (χ3v) is 2.96. The summed E-state index contributed by atoms with van der Waals surface area (Å²) in [5, 5.41) is 0. The molecule has 94 valence electrons. The highest BCUT2D eigenvalue weighted by atomic mass is 35.5. The van der Waals surface area contributed by atoms with Gasteiger partial charge in [0.25, 0.3) is 0 Å². The van der Waals surface area contributed by atoms with Gasteiger partial charge in [-0.2, -0.15) is 0 Å². The van der Waals surface area contributed by atoms with E-state index in [1.165, 1.54) is 11.1 Å². The largest absolute Gasteiger partial charge is 0.330 e. The Morgan fingerprint density at radius 1 is 1.35 bits per heavy atom. The van der Waals surface area contributed by atoms with Gasteiger partial charge in [0.15, 0.2) is 0 Å². The summed E-state index contributed by atoms with van der Waals surface area (Å²) < 4.78 is 0. The first-order chi connectivity index (χ1) is 8.26. The normalized spacial score (nSPS) is 12.1. The number of hydrogen-bond donors (Lipinski definition) is 1. The first-order valence-electron chi connectivity index (χ1n) is 5.98. The smallest absolute Gasteiger partial charge is 0.0237 e. The van der Waals surface area contributed by atoms with Crippen molar-refractivity contribution in [3.8, 4) is 0 Å². The van der Waals surface area contributed by atoms with E-state index in [1.54, 1.807) is 5.54 Å². The van der Waals surface area contributed by atoms with E-state index in [4.69, 9.17) is 17.3 Å². The molecule has 0 aliphatic rings. The van der Waals surface area contributed by atoms with E-state index in [2.05, 4.69) is 29.2 Å². The van der Waals surface area contributed by atoms with Crippen LogP contribution < -0.4 is 5.73 Å². The summed E-state index contributed by atoms with van der Waals surface area (Å²) in [5.41, 5.74) is 9.73. The molecule has 2 nitrogen and oxygen atoms in total. The molecule has 3 heteroatoms. The Hall–Kier alpha value is -0.830. The fourth-order valence-electron chi connectivity index (χ4n) is 1.76. The van der Waals surface area contributed by atoms with Crippen LogP contribution in [-0.2, 0) is 6.54 Å². The lowest BCUT2D eigenvalue weighted by Crippen LogP contribution is -2.27. The Labute approximate surface area is 109 Å². The molecule has 1 rings (SSSR count). The topological polar surface area (TPSA) is 29.3 Å². The fraction of sp³-hybridized carbons (Fsp3) is 0.429. The Bertz CT molecular complexity index is 335. The van der Waals surface area contributed by atoms with Crippen molar-refractivity contribution in [1.82, 2.24) is 4.90 Å². The van der Waals surface area contributed by atoms with Gasteiger partial charge in [0.2, 0.25) is 0 Å². The predicted octanol–water partition coefficient (Wildman–Crippen LogP) is 2.98. The van der Waals surface area contributed by atoms with Gasteiger partial charge in [-0.05, 0) is 31.0 Å². The van der Waals surface area contributed by atoms with Crippen molar-refractivity contribution in [3.05, 3.63) is 47.0 Å². The maximum atomic E-state index is 5.72. The van der Waals surface area contributed by atoms with Crippen LogP contribution in [0, 0.1) is 0 Å². The maximum Gasteiger partial charge on any atom is 0.0237 e. The number of halogens is 1. The molecule has 0 heterocycles. The van der Waals surface area contributed by atoms with E-state index >= 15 is 0 Å². The molecule has 1 aromatic rings. The molecule has 0 saturated heterocycles. The number of nitrogens with zero attached hydrogens (tertiary/aromatic N) is 1. The number of benzene rings is 1. The lowest BCUT2D eigenvalue weighted by atomic mass is 10.2. The Morgan fingerprint density at radius 3 is 2.65 bits per heavy atom. The van der Waals surface area contributed by atoms with E-state index < -0.39 is 0 Å². The number of hydrogen-bond acceptors (Lipinski definition) is 2. The number of rotatable bonds is 7. The van der Waals surface area contributed by atoms with Crippen LogP contribution in [0.25, 0.3) is 0 Å². The first kappa shape index (κ1) is 14.2. The highest BCUT2D eigenvalue weighted by Gasteiger charge is 2.05. The third kappa shape index (κ3) is 5.87. The predicted molar refractivity (Wildman–Crippen MR) is 75.0 cm³/mol. The zero-order chi connectivity index (χ0) is 12.5. The van der Waals surface area contributed by atoms with E-state index in [-0.39, 0.29) is 0 Å². The molecule has 0 unspecified atom stereocenters. The molecule has 0 atom stereocenters. The molecule has 0 spiro atoms. The van der Waals surface area contributed by atoms with E-state index in [0.29, 0.717) is 0 Å². The molecular formula is C14H21ClN2. The average Bonchev–Trinajstić information content (AvgIpc) is 2.37. The minimum absolute atomic E-state index is 0.731. The first-order valence-corrected chi connectivity index (χ1v) is 6.42. The molecule has 0 saturated carbocycles. The zero-order valence-corrected chi connectivity index (χ0v) is 11.2. The fourth-order valence-corrected chi connectivity index (χ4v) is 1.83. The zero-order valence-electron chi connectivity index (χ0n) is 10.4. The highest BCUT2D eigenvalue weighted by Crippen LogP contribution is 2.08. The van der Waals surface area contributed by atoms with Crippen molar-refractivity contribution in [3.63, 3.8) is 0 Å².